The third kappa shape index (κ3) is 5.32. The van der Waals surface area contributed by atoms with Crippen molar-refractivity contribution in [3.8, 4) is 0 Å². The number of aromatic nitrogens is 2. The summed E-state index contributed by atoms with van der Waals surface area (Å²) in [6.45, 7) is 3.82. The molecule has 1 amide bonds. The molecule has 1 saturated heterocycles. The topological polar surface area (TPSA) is 62.6 Å². The number of anilines is 1. The summed E-state index contributed by atoms with van der Waals surface area (Å²) in [5.41, 5.74) is -0.386. The smallest absolute Gasteiger partial charge is 0.346 e. The van der Waals surface area contributed by atoms with Crippen LogP contribution in [0.3, 0.4) is 0 Å². The maximum atomic E-state index is 12.8. The molecule has 1 aromatic carbocycles. The standard InChI is InChI=1S/C18H19ClF3N5O/c19-14-3-1-13(2-4-14)16(28)23-7-8-26-9-11-27(12-10-26)17-24-6-5-15(25-17)18(20,21)22/h1-6H,7-12H2,(H,23,28)/p+1. The van der Waals surface area contributed by atoms with Gasteiger partial charge < -0.3 is 15.1 Å². The van der Waals surface area contributed by atoms with Crippen molar-refractivity contribution in [3.63, 3.8) is 0 Å². The van der Waals surface area contributed by atoms with Crippen molar-refractivity contribution in [2.75, 3.05) is 44.2 Å². The Balaban J connectivity index is 1.44. The van der Waals surface area contributed by atoms with Crippen LogP contribution in [0.25, 0.3) is 0 Å². The predicted molar refractivity (Wildman–Crippen MR) is 98.6 cm³/mol. The summed E-state index contributed by atoms with van der Waals surface area (Å²) in [6.07, 6.45) is -3.34. The molecule has 28 heavy (non-hydrogen) atoms. The van der Waals surface area contributed by atoms with Gasteiger partial charge in [0.2, 0.25) is 5.95 Å². The molecule has 2 heterocycles. The third-order valence-electron chi connectivity index (χ3n) is 4.56. The van der Waals surface area contributed by atoms with Crippen LogP contribution < -0.4 is 15.1 Å². The number of halogens is 4. The number of hydrogen-bond donors (Lipinski definition) is 2. The Kier molecular flexibility index (Phi) is 6.35. The van der Waals surface area contributed by atoms with Crippen molar-refractivity contribution in [1.29, 1.82) is 0 Å². The van der Waals surface area contributed by atoms with E-state index in [1.807, 2.05) is 0 Å². The first-order chi connectivity index (χ1) is 13.3. The van der Waals surface area contributed by atoms with Crippen molar-refractivity contribution in [2.24, 2.45) is 0 Å². The Bertz CT molecular complexity index is 808. The van der Waals surface area contributed by atoms with Crippen LogP contribution in [0.4, 0.5) is 19.1 Å². The molecule has 2 N–H and O–H groups in total. The first-order valence-electron chi connectivity index (χ1n) is 8.85. The first-order valence-corrected chi connectivity index (χ1v) is 9.23. The summed E-state index contributed by atoms with van der Waals surface area (Å²) in [5.74, 6) is -0.0583. The van der Waals surface area contributed by atoms with Gasteiger partial charge in [-0.2, -0.15) is 13.2 Å². The van der Waals surface area contributed by atoms with Crippen LogP contribution in [0.2, 0.25) is 5.02 Å². The highest BCUT2D eigenvalue weighted by Crippen LogP contribution is 2.28. The molecule has 150 valence electrons. The van der Waals surface area contributed by atoms with Crippen molar-refractivity contribution in [2.45, 2.75) is 6.18 Å². The Hall–Kier alpha value is -2.39. The molecule has 0 saturated carbocycles. The quantitative estimate of drug-likeness (QED) is 0.774. The fraction of sp³-hybridized carbons (Fsp3) is 0.389. The van der Waals surface area contributed by atoms with Crippen LogP contribution in [0.1, 0.15) is 16.1 Å². The van der Waals surface area contributed by atoms with Crippen molar-refractivity contribution in [1.82, 2.24) is 15.3 Å². The lowest BCUT2D eigenvalue weighted by molar-refractivity contribution is -0.899. The molecule has 1 aliphatic rings. The highest BCUT2D eigenvalue weighted by Gasteiger charge is 2.33. The van der Waals surface area contributed by atoms with Gasteiger partial charge in [-0.05, 0) is 30.3 Å². The molecule has 0 atom stereocenters. The number of nitrogens with one attached hydrogen (secondary N) is 2. The van der Waals surface area contributed by atoms with Gasteiger partial charge in [-0.1, -0.05) is 11.6 Å². The van der Waals surface area contributed by atoms with E-state index in [1.54, 1.807) is 29.2 Å². The molecule has 3 rings (SSSR count). The van der Waals surface area contributed by atoms with E-state index in [1.165, 1.54) is 4.90 Å². The highest BCUT2D eigenvalue weighted by atomic mass is 35.5. The van der Waals surface area contributed by atoms with Gasteiger partial charge in [0, 0.05) is 16.8 Å². The number of benzene rings is 1. The lowest BCUT2D eigenvalue weighted by Crippen LogP contribution is -3.15. The molecular weight excluding hydrogens is 395 g/mol. The Morgan fingerprint density at radius 2 is 1.86 bits per heavy atom. The average molecular weight is 415 g/mol. The van der Waals surface area contributed by atoms with Crippen molar-refractivity contribution in [3.05, 3.63) is 52.8 Å². The number of nitrogens with zero attached hydrogens (tertiary/aromatic N) is 3. The molecular formula is C18H20ClF3N5O+. The molecule has 0 radical (unpaired) electrons. The second-order valence-corrected chi connectivity index (χ2v) is 6.93. The van der Waals surface area contributed by atoms with E-state index < -0.39 is 11.9 Å². The molecule has 6 nitrogen and oxygen atoms in total. The van der Waals surface area contributed by atoms with E-state index in [-0.39, 0.29) is 11.9 Å². The van der Waals surface area contributed by atoms with E-state index in [0.717, 1.165) is 31.9 Å². The van der Waals surface area contributed by atoms with Crippen LogP contribution >= 0.6 is 11.6 Å². The van der Waals surface area contributed by atoms with E-state index in [0.29, 0.717) is 30.2 Å². The Morgan fingerprint density at radius 1 is 1.18 bits per heavy atom. The summed E-state index contributed by atoms with van der Waals surface area (Å²) in [4.78, 5) is 22.7. The number of amides is 1. The number of hydrogen-bond acceptors (Lipinski definition) is 4. The average Bonchev–Trinajstić information content (AvgIpc) is 2.68. The SMILES string of the molecule is O=C(NCC[NH+]1CCN(c2nccc(C(F)(F)F)n2)CC1)c1ccc(Cl)cc1. The minimum Gasteiger partial charge on any atom is -0.346 e. The van der Waals surface area contributed by atoms with E-state index >= 15 is 0 Å². The third-order valence-corrected chi connectivity index (χ3v) is 4.81. The van der Waals surface area contributed by atoms with Crippen LogP contribution in [-0.4, -0.2) is 55.1 Å². The summed E-state index contributed by atoms with van der Waals surface area (Å²) in [6, 6.07) is 7.53. The second-order valence-electron chi connectivity index (χ2n) is 6.49. The van der Waals surface area contributed by atoms with Crippen LogP contribution in [0.5, 0.6) is 0 Å². The highest BCUT2D eigenvalue weighted by molar-refractivity contribution is 6.30. The van der Waals surface area contributed by atoms with E-state index in [2.05, 4.69) is 15.3 Å². The van der Waals surface area contributed by atoms with Gasteiger partial charge >= 0.3 is 6.18 Å². The van der Waals surface area contributed by atoms with Gasteiger partial charge in [-0.25, -0.2) is 9.97 Å². The van der Waals surface area contributed by atoms with Crippen LogP contribution in [0, 0.1) is 0 Å². The monoisotopic (exact) mass is 414 g/mol. The zero-order valence-electron chi connectivity index (χ0n) is 15.0. The number of alkyl halides is 3. The lowest BCUT2D eigenvalue weighted by atomic mass is 10.2. The molecule has 1 fully saturated rings. The molecule has 2 aromatic rings. The normalized spacial score (nSPS) is 15.5. The molecule has 1 aromatic heterocycles. The van der Waals surface area contributed by atoms with Gasteiger partial charge in [-0.3, -0.25) is 4.79 Å². The van der Waals surface area contributed by atoms with E-state index in [4.69, 9.17) is 11.6 Å². The van der Waals surface area contributed by atoms with Gasteiger partial charge in [-0.15, -0.1) is 0 Å². The number of quaternary nitrogens is 1. The maximum Gasteiger partial charge on any atom is 0.433 e. The van der Waals surface area contributed by atoms with E-state index in [9.17, 15) is 18.0 Å². The van der Waals surface area contributed by atoms with Crippen molar-refractivity contribution < 1.29 is 22.9 Å². The second kappa shape index (κ2) is 8.74. The molecule has 0 bridgehead atoms. The van der Waals surface area contributed by atoms with Crippen molar-refractivity contribution >= 4 is 23.5 Å². The summed E-state index contributed by atoms with van der Waals surface area (Å²) >= 11 is 5.81. The van der Waals surface area contributed by atoms with Gasteiger partial charge in [0.1, 0.15) is 5.69 Å². The Morgan fingerprint density at radius 3 is 2.50 bits per heavy atom. The fourth-order valence-electron chi connectivity index (χ4n) is 2.99. The van der Waals surface area contributed by atoms with Gasteiger partial charge in [0.15, 0.2) is 0 Å². The minimum atomic E-state index is -4.48. The molecule has 0 spiro atoms. The number of piperazine rings is 1. The lowest BCUT2D eigenvalue weighted by Gasteiger charge is -2.32. The number of rotatable bonds is 5. The zero-order valence-corrected chi connectivity index (χ0v) is 15.7. The van der Waals surface area contributed by atoms with Gasteiger partial charge in [0.25, 0.3) is 5.91 Å². The van der Waals surface area contributed by atoms with Crippen LogP contribution in [0.15, 0.2) is 36.5 Å². The largest absolute Gasteiger partial charge is 0.433 e. The van der Waals surface area contributed by atoms with Gasteiger partial charge in [0.05, 0.1) is 39.3 Å². The zero-order chi connectivity index (χ0) is 20.1. The number of carbonyl (C=O) groups excluding carboxylic acids is 1. The molecule has 10 heteroatoms. The van der Waals surface area contributed by atoms with Crippen LogP contribution in [-0.2, 0) is 6.18 Å². The summed E-state index contributed by atoms with van der Waals surface area (Å²) in [7, 11) is 0. The minimum absolute atomic E-state index is 0.102. The summed E-state index contributed by atoms with van der Waals surface area (Å²) in [5, 5.41) is 3.44. The summed E-state index contributed by atoms with van der Waals surface area (Å²) < 4.78 is 38.4. The molecule has 0 unspecified atom stereocenters. The predicted octanol–water partition coefficient (Wildman–Crippen LogP) is 1.28. The maximum absolute atomic E-state index is 12.8. The number of carbonyl (C=O) groups is 1. The first kappa shape index (κ1) is 20.3. The molecule has 1 aliphatic heterocycles. The Labute approximate surface area is 165 Å². The molecule has 0 aliphatic carbocycles. The fourth-order valence-corrected chi connectivity index (χ4v) is 3.11.